The fraction of sp³-hybridized carbons (Fsp3) is 0.600. The average molecular weight is 127 g/mol. The summed E-state index contributed by atoms with van der Waals surface area (Å²) in [5.74, 6) is 0.581. The highest BCUT2D eigenvalue weighted by Crippen LogP contribution is 2.05. The largest absolute Gasteiger partial charge is 0.343 e. The molecule has 1 aromatic heterocycles. The number of rotatable bonds is 2. The van der Waals surface area contributed by atoms with Gasteiger partial charge in [0.2, 0.25) is 6.39 Å². The van der Waals surface area contributed by atoms with E-state index in [1.165, 1.54) is 6.39 Å². The highest BCUT2D eigenvalue weighted by Gasteiger charge is 2.06. The Hall–Kier alpha value is -0.900. The minimum absolute atomic E-state index is 0.0799. The Kier molecular flexibility index (Phi) is 1.79. The highest BCUT2D eigenvalue weighted by molar-refractivity contribution is 4.86. The van der Waals surface area contributed by atoms with Crippen LogP contribution in [0.2, 0.25) is 0 Å². The van der Waals surface area contributed by atoms with Crippen molar-refractivity contribution in [1.29, 1.82) is 0 Å². The zero-order valence-electron chi connectivity index (χ0n) is 5.24. The van der Waals surface area contributed by atoms with Crippen LogP contribution in [0.1, 0.15) is 25.2 Å². The SMILES string of the molecule is CCC(N)c1ncon1. The van der Waals surface area contributed by atoms with Crippen molar-refractivity contribution in [3.05, 3.63) is 12.2 Å². The summed E-state index contributed by atoms with van der Waals surface area (Å²) < 4.78 is 4.50. The number of nitrogens with zero attached hydrogens (tertiary/aromatic N) is 2. The van der Waals surface area contributed by atoms with Gasteiger partial charge in [0.15, 0.2) is 5.82 Å². The monoisotopic (exact) mass is 127 g/mol. The van der Waals surface area contributed by atoms with Gasteiger partial charge in [-0.05, 0) is 6.42 Å². The lowest BCUT2D eigenvalue weighted by atomic mass is 10.2. The van der Waals surface area contributed by atoms with Crippen LogP contribution in [0.3, 0.4) is 0 Å². The van der Waals surface area contributed by atoms with Crippen molar-refractivity contribution in [2.24, 2.45) is 5.73 Å². The highest BCUT2D eigenvalue weighted by atomic mass is 16.5. The maximum Gasteiger partial charge on any atom is 0.213 e. The van der Waals surface area contributed by atoms with Crippen LogP contribution in [0.15, 0.2) is 10.9 Å². The summed E-state index contributed by atoms with van der Waals surface area (Å²) >= 11 is 0. The van der Waals surface area contributed by atoms with Crippen molar-refractivity contribution in [3.63, 3.8) is 0 Å². The summed E-state index contributed by atoms with van der Waals surface area (Å²) in [7, 11) is 0. The van der Waals surface area contributed by atoms with Gasteiger partial charge in [-0.2, -0.15) is 4.98 Å². The predicted molar refractivity (Wildman–Crippen MR) is 31.5 cm³/mol. The molecule has 0 bridgehead atoms. The molecule has 1 aromatic rings. The molecule has 0 saturated carbocycles. The van der Waals surface area contributed by atoms with E-state index in [4.69, 9.17) is 5.73 Å². The van der Waals surface area contributed by atoms with E-state index in [1.54, 1.807) is 0 Å². The molecule has 0 fully saturated rings. The second-order valence-electron chi connectivity index (χ2n) is 1.80. The van der Waals surface area contributed by atoms with E-state index < -0.39 is 0 Å². The van der Waals surface area contributed by atoms with Crippen molar-refractivity contribution < 1.29 is 4.52 Å². The summed E-state index contributed by atoms with van der Waals surface area (Å²) in [4.78, 5) is 3.78. The van der Waals surface area contributed by atoms with Crippen LogP contribution in [0.5, 0.6) is 0 Å². The summed E-state index contributed by atoms with van der Waals surface area (Å²) in [6, 6.07) is -0.0799. The maximum atomic E-state index is 5.55. The first-order valence-corrected chi connectivity index (χ1v) is 2.86. The van der Waals surface area contributed by atoms with Gasteiger partial charge in [-0.1, -0.05) is 12.1 Å². The lowest BCUT2D eigenvalue weighted by Gasteiger charge is -1.98. The van der Waals surface area contributed by atoms with E-state index in [-0.39, 0.29) is 6.04 Å². The van der Waals surface area contributed by atoms with Gasteiger partial charge in [0.1, 0.15) is 0 Å². The van der Waals surface area contributed by atoms with Crippen LogP contribution in [0, 0.1) is 0 Å². The smallest absolute Gasteiger partial charge is 0.213 e. The molecule has 1 rings (SSSR count). The molecule has 9 heavy (non-hydrogen) atoms. The van der Waals surface area contributed by atoms with E-state index >= 15 is 0 Å². The summed E-state index contributed by atoms with van der Waals surface area (Å²) in [5, 5.41) is 3.58. The van der Waals surface area contributed by atoms with Gasteiger partial charge in [0.25, 0.3) is 0 Å². The van der Waals surface area contributed by atoms with Crippen LogP contribution in [-0.4, -0.2) is 10.1 Å². The van der Waals surface area contributed by atoms with Crippen LogP contribution in [-0.2, 0) is 0 Å². The second kappa shape index (κ2) is 2.59. The van der Waals surface area contributed by atoms with Gasteiger partial charge >= 0.3 is 0 Å². The molecule has 0 aromatic carbocycles. The molecule has 0 aliphatic rings. The number of hydrogen-bond acceptors (Lipinski definition) is 4. The van der Waals surface area contributed by atoms with E-state index in [9.17, 15) is 0 Å². The lowest BCUT2D eigenvalue weighted by molar-refractivity contribution is 0.403. The third kappa shape index (κ3) is 1.26. The second-order valence-corrected chi connectivity index (χ2v) is 1.80. The normalized spacial score (nSPS) is 13.6. The molecular weight excluding hydrogens is 118 g/mol. The molecule has 4 heteroatoms. The van der Waals surface area contributed by atoms with Gasteiger partial charge < -0.3 is 10.3 Å². The Morgan fingerprint density at radius 1 is 1.89 bits per heavy atom. The Balaban J connectivity index is 2.65. The van der Waals surface area contributed by atoms with Crippen molar-refractivity contribution in [2.45, 2.75) is 19.4 Å². The average Bonchev–Trinajstić information content (AvgIpc) is 2.37. The van der Waals surface area contributed by atoms with Crippen molar-refractivity contribution in [2.75, 3.05) is 0 Å². The Morgan fingerprint density at radius 2 is 2.67 bits per heavy atom. The minimum atomic E-state index is -0.0799. The Morgan fingerprint density at radius 3 is 3.11 bits per heavy atom. The summed E-state index contributed by atoms with van der Waals surface area (Å²) in [6.45, 7) is 1.97. The van der Waals surface area contributed by atoms with Crippen molar-refractivity contribution >= 4 is 0 Å². The van der Waals surface area contributed by atoms with Gasteiger partial charge in [0, 0.05) is 0 Å². The first-order chi connectivity index (χ1) is 4.34. The first-order valence-electron chi connectivity index (χ1n) is 2.86. The molecule has 0 spiro atoms. The fourth-order valence-corrected chi connectivity index (χ4v) is 0.525. The molecule has 0 saturated heterocycles. The summed E-state index contributed by atoms with van der Waals surface area (Å²) in [6.07, 6.45) is 2.12. The predicted octanol–water partition coefficient (Wildman–Crippen LogP) is 0.479. The van der Waals surface area contributed by atoms with Gasteiger partial charge in [-0.15, -0.1) is 0 Å². The van der Waals surface area contributed by atoms with Crippen LogP contribution in [0.25, 0.3) is 0 Å². The maximum absolute atomic E-state index is 5.55. The third-order valence-electron chi connectivity index (χ3n) is 1.15. The van der Waals surface area contributed by atoms with Gasteiger partial charge in [0.05, 0.1) is 6.04 Å². The van der Waals surface area contributed by atoms with Crippen molar-refractivity contribution in [3.8, 4) is 0 Å². The third-order valence-corrected chi connectivity index (χ3v) is 1.15. The molecule has 4 nitrogen and oxygen atoms in total. The molecule has 0 radical (unpaired) electrons. The van der Waals surface area contributed by atoms with E-state index in [2.05, 4.69) is 14.7 Å². The fourth-order valence-electron chi connectivity index (χ4n) is 0.525. The van der Waals surface area contributed by atoms with Crippen LogP contribution in [0.4, 0.5) is 0 Å². The number of hydrogen-bond donors (Lipinski definition) is 1. The standard InChI is InChI=1S/C5H9N3O/c1-2-4(6)5-7-3-9-8-5/h3-4H,2,6H2,1H3. The molecular formula is C5H9N3O. The summed E-state index contributed by atoms with van der Waals surface area (Å²) in [5.41, 5.74) is 5.55. The minimum Gasteiger partial charge on any atom is -0.343 e. The van der Waals surface area contributed by atoms with Crippen LogP contribution < -0.4 is 5.73 Å². The first kappa shape index (κ1) is 6.22. The van der Waals surface area contributed by atoms with Crippen molar-refractivity contribution in [1.82, 2.24) is 10.1 Å². The molecule has 0 amide bonds. The lowest BCUT2D eigenvalue weighted by Crippen LogP contribution is -2.09. The molecule has 50 valence electrons. The zero-order valence-corrected chi connectivity index (χ0v) is 5.24. The van der Waals surface area contributed by atoms with E-state index in [0.717, 1.165) is 6.42 Å². The van der Waals surface area contributed by atoms with Crippen LogP contribution >= 0.6 is 0 Å². The molecule has 1 unspecified atom stereocenters. The quantitative estimate of drug-likeness (QED) is 0.627. The Labute approximate surface area is 53.1 Å². The van der Waals surface area contributed by atoms with E-state index in [0.29, 0.717) is 5.82 Å². The molecule has 2 N–H and O–H groups in total. The molecule has 0 aliphatic carbocycles. The number of nitrogens with two attached hydrogens (primary N) is 1. The van der Waals surface area contributed by atoms with Gasteiger partial charge in [-0.25, -0.2) is 0 Å². The Bertz CT molecular complexity index is 161. The van der Waals surface area contributed by atoms with Gasteiger partial charge in [-0.3, -0.25) is 0 Å². The topological polar surface area (TPSA) is 64.9 Å². The number of aromatic nitrogens is 2. The zero-order chi connectivity index (χ0) is 6.69. The van der Waals surface area contributed by atoms with E-state index in [1.807, 2.05) is 6.92 Å². The molecule has 1 atom stereocenters. The molecule has 0 aliphatic heterocycles. The molecule has 1 heterocycles.